The number of hydrogen-bond acceptors (Lipinski definition) is 10. The molecule has 0 unspecified atom stereocenters. The second kappa shape index (κ2) is 41.3. The van der Waals surface area contributed by atoms with Crippen LogP contribution in [0.5, 0.6) is 0 Å². The van der Waals surface area contributed by atoms with Gasteiger partial charge in [-0.25, -0.2) is 8.42 Å². The van der Waals surface area contributed by atoms with E-state index in [-0.39, 0.29) is 55.5 Å². The molecule has 0 spiro atoms. The lowest BCUT2D eigenvalue weighted by molar-refractivity contribution is -0.141. The van der Waals surface area contributed by atoms with Gasteiger partial charge in [0.1, 0.15) is 0 Å². The van der Waals surface area contributed by atoms with Crippen molar-refractivity contribution in [3.63, 3.8) is 0 Å². The number of hydrogen-bond donors (Lipinski definition) is 5. The van der Waals surface area contributed by atoms with Crippen molar-refractivity contribution in [1.29, 1.82) is 0 Å². The monoisotopic (exact) mass is 1170 g/mol. The van der Waals surface area contributed by atoms with Crippen LogP contribution in [0.3, 0.4) is 0 Å². The molecule has 0 saturated heterocycles. The number of carboxylic acids is 1. The summed E-state index contributed by atoms with van der Waals surface area (Å²) in [4.78, 5) is 50.0. The highest BCUT2D eigenvalue weighted by atomic mass is 79.9. The van der Waals surface area contributed by atoms with E-state index in [2.05, 4.69) is 48.8 Å². The summed E-state index contributed by atoms with van der Waals surface area (Å²) in [6, 6.07) is 25.8. The molecule has 0 aromatic heterocycles. The van der Waals surface area contributed by atoms with Crippen molar-refractivity contribution in [3.05, 3.63) is 174 Å². The van der Waals surface area contributed by atoms with Crippen molar-refractivity contribution in [2.24, 2.45) is 29.2 Å². The van der Waals surface area contributed by atoms with Crippen LogP contribution >= 0.6 is 15.9 Å². The molecule has 7 N–H and O–H groups in total. The molecular formula is C62H98BrN5O9S. The summed E-state index contributed by atoms with van der Waals surface area (Å²) < 4.78 is 23.8. The molecule has 0 saturated carbocycles. The smallest absolute Gasteiger partial charge is 0.306 e. The molecule has 438 valence electrons. The normalized spacial score (nSPS) is 13.5. The van der Waals surface area contributed by atoms with Crippen molar-refractivity contribution >= 4 is 49.5 Å². The summed E-state index contributed by atoms with van der Waals surface area (Å²) in [6.07, 6.45) is 2.92. The van der Waals surface area contributed by atoms with Gasteiger partial charge in [-0.3, -0.25) is 19.2 Å². The van der Waals surface area contributed by atoms with Crippen LogP contribution in [0.2, 0.25) is 0 Å². The van der Waals surface area contributed by atoms with Gasteiger partial charge in [-0.05, 0) is 103 Å². The quantitative estimate of drug-likeness (QED) is 0.0470. The number of aliphatic carboxylic acids is 1. The average Bonchev–Trinajstić information content (AvgIpc) is 3.39. The lowest BCUT2D eigenvalue weighted by Crippen LogP contribution is -2.47. The van der Waals surface area contributed by atoms with Crippen LogP contribution < -0.4 is 11.5 Å². The first kappa shape index (κ1) is 76.5. The first-order valence-corrected chi connectivity index (χ1v) is 28.4. The average molecular weight is 1170 g/mol. The third kappa shape index (κ3) is 34.9. The second-order valence-corrected chi connectivity index (χ2v) is 22.6. The summed E-state index contributed by atoms with van der Waals surface area (Å²) in [5, 5.41) is 31.0. The van der Waals surface area contributed by atoms with Gasteiger partial charge in [0.15, 0.2) is 9.84 Å². The highest BCUT2D eigenvalue weighted by Gasteiger charge is 2.27. The number of nitrogens with two attached hydrogens (primary N) is 2. The van der Waals surface area contributed by atoms with Crippen molar-refractivity contribution in [2.75, 3.05) is 40.1 Å². The number of amides is 3. The lowest BCUT2D eigenvalue weighted by atomic mass is 10.0. The SMILES string of the molecule is C=C(C)CBr.C=C(C)C[C@@H](C)/C=C/S(=O)(=O)c1ccccc1.C=C(C)C[C@@H](C)C(=O)N(C)C.C=C(C)C[C@@H](C)C(=O)O.C=C(C)C[C@@H](N)C(=O)N(C)[C@@H](C)[C@H](O)c1ccccc1.C[C@@H]([C@H](O)c1ccccc1)N(C)C(=O)CN.[HH]. The molecule has 3 amide bonds. The number of aliphatic hydroxyl groups excluding tert-OH is 2. The highest BCUT2D eigenvalue weighted by molar-refractivity contribution is 9.09. The Bertz CT molecular complexity index is 2440. The van der Waals surface area contributed by atoms with Crippen molar-refractivity contribution in [1.82, 2.24) is 14.7 Å². The first-order chi connectivity index (χ1) is 36.1. The molecule has 14 nitrogen and oxygen atoms in total. The Labute approximate surface area is 479 Å². The number of halogens is 1. The van der Waals surface area contributed by atoms with Crippen molar-refractivity contribution in [3.8, 4) is 0 Å². The van der Waals surface area contributed by atoms with Crippen molar-refractivity contribution in [2.45, 2.75) is 130 Å². The molecule has 8 atom stereocenters. The number of aliphatic hydroxyl groups is 2. The molecule has 0 radical (unpaired) electrons. The Balaban J connectivity index is -0.000000443. The van der Waals surface area contributed by atoms with E-state index < -0.39 is 34.1 Å². The third-order valence-electron chi connectivity index (χ3n) is 11.4. The van der Waals surface area contributed by atoms with Crippen LogP contribution in [0, 0.1) is 17.8 Å². The molecule has 16 heteroatoms. The minimum Gasteiger partial charge on any atom is -0.481 e. The molecular weight excluding hydrogens is 1070 g/mol. The Morgan fingerprint density at radius 3 is 1.28 bits per heavy atom. The maximum absolute atomic E-state index is 12.2. The van der Waals surface area contributed by atoms with E-state index in [1.165, 1.54) is 20.8 Å². The van der Waals surface area contributed by atoms with Gasteiger partial charge in [0.2, 0.25) is 17.7 Å². The van der Waals surface area contributed by atoms with Gasteiger partial charge in [0.25, 0.3) is 0 Å². The Morgan fingerprint density at radius 2 is 0.962 bits per heavy atom. The number of sulfone groups is 1. The summed E-state index contributed by atoms with van der Waals surface area (Å²) in [7, 11) is 3.56. The van der Waals surface area contributed by atoms with Gasteiger partial charge in [-0.1, -0.05) is 156 Å². The summed E-state index contributed by atoms with van der Waals surface area (Å²) >= 11 is 3.21. The molecule has 0 aliphatic carbocycles. The van der Waals surface area contributed by atoms with Crippen LogP contribution in [0.1, 0.15) is 120 Å². The number of rotatable bonds is 22. The number of likely N-dealkylation sites (N-methyl/N-ethyl adjacent to an activating group) is 2. The van der Waals surface area contributed by atoms with Gasteiger partial charge in [-0.15, -0.1) is 26.3 Å². The lowest BCUT2D eigenvalue weighted by Gasteiger charge is -2.31. The van der Waals surface area contributed by atoms with Crippen LogP contribution in [-0.2, 0) is 29.0 Å². The van der Waals surface area contributed by atoms with Gasteiger partial charge in [0.05, 0.1) is 47.7 Å². The third-order valence-corrected chi connectivity index (χ3v) is 13.8. The summed E-state index contributed by atoms with van der Waals surface area (Å²) in [6.45, 7) is 37.3. The molecule has 3 aromatic rings. The number of alkyl halides is 1. The van der Waals surface area contributed by atoms with E-state index in [1.807, 2.05) is 116 Å². The van der Waals surface area contributed by atoms with Crippen LogP contribution in [0.25, 0.3) is 0 Å². The van der Waals surface area contributed by atoms with Crippen LogP contribution in [0.15, 0.2) is 168 Å². The zero-order chi connectivity index (χ0) is 61.0. The van der Waals surface area contributed by atoms with E-state index in [0.717, 1.165) is 51.6 Å². The Hall–Kier alpha value is -5.75. The van der Waals surface area contributed by atoms with E-state index in [1.54, 1.807) is 83.3 Å². The topological polar surface area (TPSA) is 225 Å². The molecule has 3 rings (SSSR count). The minimum atomic E-state index is -3.30. The number of carbonyl (C=O) groups excluding carboxylic acids is 3. The van der Waals surface area contributed by atoms with E-state index in [4.69, 9.17) is 16.6 Å². The number of carbonyl (C=O) groups is 4. The molecule has 0 fully saturated rings. The first-order valence-electron chi connectivity index (χ1n) is 25.7. The zero-order valence-electron chi connectivity index (χ0n) is 49.3. The molecule has 3 aromatic carbocycles. The van der Waals surface area contributed by atoms with Crippen molar-refractivity contribution < 1.29 is 44.3 Å². The minimum absolute atomic E-state index is 0. The fraction of sp³-hybridized carbons (Fsp3) is 0.452. The van der Waals surface area contributed by atoms with E-state index in [9.17, 15) is 37.8 Å². The fourth-order valence-corrected chi connectivity index (χ4v) is 7.95. The van der Waals surface area contributed by atoms with Gasteiger partial charge < -0.3 is 41.5 Å². The number of carboxylic acid groups (broad SMARTS) is 1. The molecule has 0 bridgehead atoms. The predicted octanol–water partition coefficient (Wildman–Crippen LogP) is 11.5. The van der Waals surface area contributed by atoms with E-state index in [0.29, 0.717) is 17.7 Å². The number of benzene rings is 3. The largest absolute Gasteiger partial charge is 0.481 e. The number of nitrogens with zero attached hydrogens (tertiary/aromatic N) is 3. The van der Waals surface area contributed by atoms with Crippen LogP contribution in [-0.4, -0.2) is 120 Å². The Kier molecular flexibility index (Phi) is 40.5. The summed E-state index contributed by atoms with van der Waals surface area (Å²) in [5.74, 6) is -0.972. The molecule has 78 heavy (non-hydrogen) atoms. The predicted molar refractivity (Wildman–Crippen MR) is 329 cm³/mol. The standard InChI is InChI=1S/C16H24N2O2.C14H18O2S.C12H18N2O2.C9H17NO.C7H12O2.C4H7Br.H2/c1-11(2)10-14(17)16(20)18(4)12(3)15(19)13-8-6-5-7-9-13;1-12(2)11-13(3)9-10-17(15,16)14-7-5-4-6-8-14;1-9(14(2)11(15)8-13)12(16)10-6-4-3-5-7-10;1-7(2)6-8(3)9(11)10(4)5;1-5(2)4-6(3)7(8)9;1-4(2)3-5;/h5-9,12,14-15,19H,1,10,17H2,2-4H3;4-10,13H,1,11H2,2-3H3;3-7,9,12,16H,8,13H2,1-2H3;8H,1,6H2,2-5H3;6H,1,4H2,2-3H3,(H,8,9);1,3H2,2H3;1H/b;10-9+;;;;;/t12-,14+,15-;13-;9-,12-;8-;6-;;/m00011../s1. The maximum atomic E-state index is 12.2. The number of allylic oxidation sites excluding steroid dienone is 5. The molecule has 0 aliphatic heterocycles. The van der Waals surface area contributed by atoms with Gasteiger partial charge in [0, 0.05) is 46.3 Å². The van der Waals surface area contributed by atoms with Gasteiger partial charge in [-0.2, -0.15) is 0 Å². The Morgan fingerprint density at radius 1 is 0.603 bits per heavy atom. The highest BCUT2D eigenvalue weighted by Crippen LogP contribution is 2.22. The molecule has 0 heterocycles. The van der Waals surface area contributed by atoms with E-state index >= 15 is 0 Å². The van der Waals surface area contributed by atoms with Gasteiger partial charge >= 0.3 is 5.97 Å². The fourth-order valence-electron chi connectivity index (χ4n) is 6.78. The van der Waals surface area contributed by atoms with Crippen LogP contribution in [0.4, 0.5) is 0 Å². The maximum Gasteiger partial charge on any atom is 0.306 e. The second-order valence-electron chi connectivity index (χ2n) is 20.2. The molecule has 0 aliphatic rings. The zero-order valence-corrected chi connectivity index (χ0v) is 51.7. The summed E-state index contributed by atoms with van der Waals surface area (Å²) in [5.41, 5.74) is 17.8.